The minimum atomic E-state index is -0.809. The summed E-state index contributed by atoms with van der Waals surface area (Å²) in [5.41, 5.74) is 2.24. The molecule has 0 bridgehead atoms. The maximum atomic E-state index is 10.6. The van der Waals surface area contributed by atoms with Gasteiger partial charge in [-0.15, -0.1) is 0 Å². The molecule has 0 radical (unpaired) electrons. The van der Waals surface area contributed by atoms with Crippen LogP contribution in [0.2, 0.25) is 5.02 Å². The Hall–Kier alpha value is -2.54. The van der Waals surface area contributed by atoms with Gasteiger partial charge in [-0.1, -0.05) is 11.6 Å². The fourth-order valence-electron chi connectivity index (χ4n) is 2.21. The number of hydrogen-bond acceptors (Lipinski definition) is 4. The lowest BCUT2D eigenvalue weighted by molar-refractivity contribution is -0.137. The normalized spacial score (nSPS) is 11.0. The Labute approximate surface area is 130 Å². The third-order valence-corrected chi connectivity index (χ3v) is 3.42. The number of H-pyrrole nitrogens is 1. The smallest absolute Gasteiger partial charge is 0.303 e. The van der Waals surface area contributed by atoms with Crippen LogP contribution in [0.3, 0.4) is 0 Å². The van der Waals surface area contributed by atoms with Gasteiger partial charge >= 0.3 is 5.97 Å². The summed E-state index contributed by atoms with van der Waals surface area (Å²) in [6.07, 6.45) is 4.05. The second-order valence-corrected chi connectivity index (χ2v) is 5.22. The molecule has 8 heteroatoms. The minimum absolute atomic E-state index is 0.115. The summed E-state index contributed by atoms with van der Waals surface area (Å²) in [6.45, 7) is 0.522. The summed E-state index contributed by atoms with van der Waals surface area (Å²) in [5.74, 6) is -0.0519. The molecule has 114 valence electrons. The number of nitrogens with one attached hydrogen (secondary N) is 2. The number of pyridine rings is 1. The molecule has 3 aromatic heterocycles. The van der Waals surface area contributed by atoms with Gasteiger partial charge in [-0.05, 0) is 24.6 Å². The molecule has 0 aromatic carbocycles. The first-order chi connectivity index (χ1) is 10.6. The molecular formula is C14H14ClN5O2. The Morgan fingerprint density at radius 1 is 1.41 bits per heavy atom. The zero-order valence-corrected chi connectivity index (χ0v) is 12.3. The number of aromatic amines is 1. The number of carboxylic acid groups (broad SMARTS) is 1. The zero-order valence-electron chi connectivity index (χ0n) is 11.6. The van der Waals surface area contributed by atoms with Gasteiger partial charge in [-0.2, -0.15) is 5.10 Å². The van der Waals surface area contributed by atoms with Crippen molar-refractivity contribution in [2.75, 3.05) is 11.9 Å². The van der Waals surface area contributed by atoms with Crippen molar-refractivity contribution in [3.63, 3.8) is 0 Å². The summed E-state index contributed by atoms with van der Waals surface area (Å²) in [6, 6.07) is 5.42. The minimum Gasteiger partial charge on any atom is -0.481 e. The Morgan fingerprint density at radius 2 is 2.27 bits per heavy atom. The first kappa shape index (κ1) is 14.4. The summed E-state index contributed by atoms with van der Waals surface area (Å²) in [5, 5.41) is 19.4. The van der Waals surface area contributed by atoms with Crippen LogP contribution in [0.5, 0.6) is 0 Å². The number of halogens is 1. The molecule has 0 saturated heterocycles. The molecule has 3 N–H and O–H groups in total. The van der Waals surface area contributed by atoms with E-state index in [1.54, 1.807) is 18.5 Å². The highest BCUT2D eigenvalue weighted by molar-refractivity contribution is 6.30. The molecule has 3 rings (SSSR count). The van der Waals surface area contributed by atoms with E-state index in [9.17, 15) is 4.79 Å². The van der Waals surface area contributed by atoms with Crippen molar-refractivity contribution >= 4 is 29.0 Å². The molecular weight excluding hydrogens is 306 g/mol. The Morgan fingerprint density at radius 3 is 3.00 bits per heavy atom. The maximum absolute atomic E-state index is 10.6. The Kier molecular flexibility index (Phi) is 3.97. The number of hydrogen-bond donors (Lipinski definition) is 3. The van der Waals surface area contributed by atoms with Crippen LogP contribution in [0.1, 0.15) is 12.8 Å². The summed E-state index contributed by atoms with van der Waals surface area (Å²) in [4.78, 5) is 15.2. The van der Waals surface area contributed by atoms with Crippen molar-refractivity contribution in [2.45, 2.75) is 12.8 Å². The SMILES string of the molecule is O=C(O)CCCNc1c(-c2ccn[nH]2)nc2ccc(Cl)cn12. The van der Waals surface area contributed by atoms with Crippen LogP contribution in [0.4, 0.5) is 5.82 Å². The predicted octanol–water partition coefficient (Wildman–Crippen LogP) is 2.65. The van der Waals surface area contributed by atoms with E-state index in [0.29, 0.717) is 18.0 Å². The number of rotatable bonds is 6. The Balaban J connectivity index is 1.95. The van der Waals surface area contributed by atoms with Gasteiger partial charge in [0.2, 0.25) is 0 Å². The average molecular weight is 320 g/mol. The van der Waals surface area contributed by atoms with Gasteiger partial charge in [0.25, 0.3) is 0 Å². The van der Waals surface area contributed by atoms with Gasteiger partial charge in [0.1, 0.15) is 17.2 Å². The third-order valence-electron chi connectivity index (χ3n) is 3.20. The van der Waals surface area contributed by atoms with Crippen molar-refractivity contribution in [1.29, 1.82) is 0 Å². The van der Waals surface area contributed by atoms with Gasteiger partial charge in [-0.25, -0.2) is 4.98 Å². The molecule has 0 fully saturated rings. The molecule has 0 saturated carbocycles. The Bertz CT molecular complexity index is 797. The predicted molar refractivity (Wildman–Crippen MR) is 83.1 cm³/mol. The van der Waals surface area contributed by atoms with Gasteiger partial charge < -0.3 is 10.4 Å². The molecule has 0 spiro atoms. The van der Waals surface area contributed by atoms with Crippen molar-refractivity contribution in [2.24, 2.45) is 0 Å². The number of carboxylic acids is 1. The second-order valence-electron chi connectivity index (χ2n) is 4.78. The standard InChI is InChI=1S/C14H14ClN5O2/c15-9-3-4-11-18-13(10-5-7-17-19-10)14(20(11)8-9)16-6-1-2-12(21)22/h3-5,7-8,16H,1-2,6H2,(H,17,19)(H,21,22). The average Bonchev–Trinajstić information content (AvgIpc) is 3.10. The van der Waals surface area contributed by atoms with E-state index >= 15 is 0 Å². The molecule has 0 aliphatic rings. The molecule has 22 heavy (non-hydrogen) atoms. The number of aliphatic carboxylic acids is 1. The topological polar surface area (TPSA) is 95.3 Å². The number of carbonyl (C=O) groups is 1. The van der Waals surface area contributed by atoms with Crippen LogP contribution >= 0.6 is 11.6 Å². The van der Waals surface area contributed by atoms with Crippen LogP contribution in [0.15, 0.2) is 30.6 Å². The molecule has 3 heterocycles. The number of anilines is 1. The van der Waals surface area contributed by atoms with Crippen molar-refractivity contribution in [1.82, 2.24) is 19.6 Å². The van der Waals surface area contributed by atoms with Gasteiger partial charge in [0, 0.05) is 25.4 Å². The summed E-state index contributed by atoms with van der Waals surface area (Å²) < 4.78 is 1.85. The number of imidazole rings is 1. The monoisotopic (exact) mass is 319 g/mol. The lowest BCUT2D eigenvalue weighted by Gasteiger charge is -2.07. The van der Waals surface area contributed by atoms with Crippen LogP contribution in [-0.4, -0.2) is 37.2 Å². The quantitative estimate of drug-likeness (QED) is 0.607. The fourth-order valence-corrected chi connectivity index (χ4v) is 2.37. The van der Waals surface area contributed by atoms with Crippen LogP contribution < -0.4 is 5.32 Å². The van der Waals surface area contributed by atoms with Gasteiger partial charge in [0.15, 0.2) is 0 Å². The molecule has 7 nitrogen and oxygen atoms in total. The van der Waals surface area contributed by atoms with E-state index in [1.807, 2.05) is 16.5 Å². The van der Waals surface area contributed by atoms with Crippen LogP contribution in [0, 0.1) is 0 Å². The van der Waals surface area contributed by atoms with Crippen molar-refractivity contribution in [3.05, 3.63) is 35.6 Å². The van der Waals surface area contributed by atoms with E-state index in [2.05, 4.69) is 20.5 Å². The number of nitrogens with zero attached hydrogens (tertiary/aromatic N) is 3. The van der Waals surface area contributed by atoms with E-state index in [-0.39, 0.29) is 6.42 Å². The maximum Gasteiger partial charge on any atom is 0.303 e. The lowest BCUT2D eigenvalue weighted by Crippen LogP contribution is -2.07. The van der Waals surface area contributed by atoms with Gasteiger partial charge in [0.05, 0.1) is 10.7 Å². The van der Waals surface area contributed by atoms with Crippen LogP contribution in [-0.2, 0) is 4.79 Å². The largest absolute Gasteiger partial charge is 0.481 e. The molecule has 0 aliphatic carbocycles. The van der Waals surface area contributed by atoms with E-state index in [0.717, 1.165) is 22.9 Å². The number of fused-ring (bicyclic) bond motifs is 1. The molecule has 0 amide bonds. The molecule has 0 unspecified atom stereocenters. The number of aromatic nitrogens is 4. The summed E-state index contributed by atoms with van der Waals surface area (Å²) in [7, 11) is 0. The lowest BCUT2D eigenvalue weighted by atomic mass is 10.3. The second kappa shape index (κ2) is 6.07. The van der Waals surface area contributed by atoms with Crippen molar-refractivity contribution in [3.8, 4) is 11.4 Å². The summed E-state index contributed by atoms with van der Waals surface area (Å²) >= 11 is 6.05. The highest BCUT2D eigenvalue weighted by atomic mass is 35.5. The molecule has 3 aromatic rings. The van der Waals surface area contributed by atoms with Crippen LogP contribution in [0.25, 0.3) is 17.0 Å². The third kappa shape index (κ3) is 2.89. The van der Waals surface area contributed by atoms with E-state index < -0.39 is 5.97 Å². The highest BCUT2D eigenvalue weighted by Gasteiger charge is 2.15. The molecule has 0 aliphatic heterocycles. The van der Waals surface area contributed by atoms with Crippen molar-refractivity contribution < 1.29 is 9.90 Å². The first-order valence-corrected chi connectivity index (χ1v) is 7.16. The van der Waals surface area contributed by atoms with E-state index in [4.69, 9.17) is 16.7 Å². The zero-order chi connectivity index (χ0) is 15.5. The van der Waals surface area contributed by atoms with E-state index in [1.165, 1.54) is 0 Å². The van der Waals surface area contributed by atoms with Gasteiger partial charge in [-0.3, -0.25) is 14.3 Å². The fraction of sp³-hybridized carbons (Fsp3) is 0.214. The first-order valence-electron chi connectivity index (χ1n) is 6.78. The molecule has 0 atom stereocenters. The highest BCUT2D eigenvalue weighted by Crippen LogP contribution is 2.28.